The van der Waals surface area contributed by atoms with Gasteiger partial charge in [0.2, 0.25) is 0 Å². The third kappa shape index (κ3) is 6.74. The van der Waals surface area contributed by atoms with E-state index in [-0.39, 0.29) is 11.1 Å². The summed E-state index contributed by atoms with van der Waals surface area (Å²) in [5.74, 6) is 0. The molecule has 19 heavy (non-hydrogen) atoms. The standard InChI is InChI=1S/C17H29NO/c1-7-17(5,6)19-13-15-10-8-14(9-11-15)12-18-16(2,3)4/h8-11,18H,7,12-13H2,1-6H3. The first-order valence-corrected chi connectivity index (χ1v) is 7.19. The molecule has 0 aliphatic rings. The van der Waals surface area contributed by atoms with Gasteiger partial charge in [0.05, 0.1) is 12.2 Å². The monoisotopic (exact) mass is 263 g/mol. The molecule has 1 aromatic rings. The van der Waals surface area contributed by atoms with E-state index in [9.17, 15) is 0 Å². The van der Waals surface area contributed by atoms with E-state index < -0.39 is 0 Å². The zero-order valence-electron chi connectivity index (χ0n) is 13.3. The van der Waals surface area contributed by atoms with Gasteiger partial charge in [-0.25, -0.2) is 0 Å². The van der Waals surface area contributed by atoms with E-state index in [2.05, 4.69) is 71.1 Å². The predicted octanol–water partition coefficient (Wildman–Crippen LogP) is 4.28. The lowest BCUT2D eigenvalue weighted by atomic mass is 10.1. The van der Waals surface area contributed by atoms with Gasteiger partial charge in [-0.1, -0.05) is 31.2 Å². The quantitative estimate of drug-likeness (QED) is 0.827. The molecule has 2 nitrogen and oxygen atoms in total. The summed E-state index contributed by atoms with van der Waals surface area (Å²) >= 11 is 0. The van der Waals surface area contributed by atoms with Crippen LogP contribution in [0.3, 0.4) is 0 Å². The molecule has 0 unspecified atom stereocenters. The van der Waals surface area contributed by atoms with E-state index in [4.69, 9.17) is 4.74 Å². The largest absolute Gasteiger partial charge is 0.371 e. The first kappa shape index (κ1) is 16.2. The SMILES string of the molecule is CCC(C)(C)OCc1ccc(CNC(C)(C)C)cc1. The van der Waals surface area contributed by atoms with Crippen LogP contribution in [-0.4, -0.2) is 11.1 Å². The molecule has 0 heterocycles. The average Bonchev–Trinajstić information content (AvgIpc) is 2.34. The highest BCUT2D eigenvalue weighted by atomic mass is 16.5. The maximum Gasteiger partial charge on any atom is 0.0724 e. The normalized spacial score (nSPS) is 12.7. The van der Waals surface area contributed by atoms with E-state index in [0.717, 1.165) is 13.0 Å². The number of benzene rings is 1. The van der Waals surface area contributed by atoms with Crippen molar-refractivity contribution in [2.45, 2.75) is 72.3 Å². The van der Waals surface area contributed by atoms with E-state index in [1.54, 1.807) is 0 Å². The Morgan fingerprint density at radius 3 is 1.95 bits per heavy atom. The first-order chi connectivity index (χ1) is 8.72. The Bertz CT molecular complexity index is 373. The smallest absolute Gasteiger partial charge is 0.0724 e. The van der Waals surface area contributed by atoms with Gasteiger partial charge in [0.25, 0.3) is 0 Å². The van der Waals surface area contributed by atoms with Gasteiger partial charge in [-0.05, 0) is 52.2 Å². The summed E-state index contributed by atoms with van der Waals surface area (Å²) in [5, 5.41) is 3.49. The number of rotatable bonds is 6. The van der Waals surface area contributed by atoms with Crippen molar-refractivity contribution in [3.63, 3.8) is 0 Å². The summed E-state index contributed by atoms with van der Waals surface area (Å²) in [6.07, 6.45) is 1.03. The molecular weight excluding hydrogens is 234 g/mol. The van der Waals surface area contributed by atoms with Gasteiger partial charge in [-0.2, -0.15) is 0 Å². The highest BCUT2D eigenvalue weighted by molar-refractivity contribution is 5.22. The molecule has 0 aliphatic carbocycles. The molecule has 0 spiro atoms. The van der Waals surface area contributed by atoms with Crippen molar-refractivity contribution >= 4 is 0 Å². The summed E-state index contributed by atoms with van der Waals surface area (Å²) in [5.41, 5.74) is 2.67. The van der Waals surface area contributed by atoms with E-state index in [1.165, 1.54) is 11.1 Å². The van der Waals surface area contributed by atoms with E-state index >= 15 is 0 Å². The average molecular weight is 263 g/mol. The molecule has 1 aromatic carbocycles. The van der Waals surface area contributed by atoms with Crippen LogP contribution < -0.4 is 5.32 Å². The molecule has 0 saturated heterocycles. The second kappa shape index (κ2) is 6.53. The number of hydrogen-bond donors (Lipinski definition) is 1. The molecule has 0 aliphatic heterocycles. The molecule has 0 radical (unpaired) electrons. The molecule has 0 amide bonds. The Morgan fingerprint density at radius 2 is 1.47 bits per heavy atom. The Hall–Kier alpha value is -0.860. The van der Waals surface area contributed by atoms with Crippen molar-refractivity contribution in [2.24, 2.45) is 0 Å². The summed E-state index contributed by atoms with van der Waals surface area (Å²) < 4.78 is 5.90. The third-order valence-electron chi connectivity index (χ3n) is 3.33. The maximum absolute atomic E-state index is 5.90. The van der Waals surface area contributed by atoms with Crippen molar-refractivity contribution in [1.82, 2.24) is 5.32 Å². The molecule has 0 fully saturated rings. The van der Waals surface area contributed by atoms with Gasteiger partial charge in [-0.15, -0.1) is 0 Å². The van der Waals surface area contributed by atoms with Gasteiger partial charge in [-0.3, -0.25) is 0 Å². The lowest BCUT2D eigenvalue weighted by Crippen LogP contribution is -2.35. The van der Waals surface area contributed by atoms with Crippen LogP contribution in [0.2, 0.25) is 0 Å². The molecule has 1 N–H and O–H groups in total. The van der Waals surface area contributed by atoms with Gasteiger partial charge < -0.3 is 10.1 Å². The fourth-order valence-corrected chi connectivity index (χ4v) is 1.50. The lowest BCUT2D eigenvalue weighted by Gasteiger charge is -2.23. The predicted molar refractivity (Wildman–Crippen MR) is 82.2 cm³/mol. The highest BCUT2D eigenvalue weighted by Gasteiger charge is 2.15. The Labute approximate surface area is 118 Å². The molecule has 2 heteroatoms. The van der Waals surface area contributed by atoms with E-state index in [1.807, 2.05) is 0 Å². The van der Waals surface area contributed by atoms with Crippen LogP contribution in [0.25, 0.3) is 0 Å². The van der Waals surface area contributed by atoms with Crippen molar-refractivity contribution in [1.29, 1.82) is 0 Å². The zero-order chi connectivity index (χ0) is 14.5. The minimum Gasteiger partial charge on any atom is -0.371 e. The maximum atomic E-state index is 5.90. The van der Waals surface area contributed by atoms with Gasteiger partial charge in [0, 0.05) is 12.1 Å². The highest BCUT2D eigenvalue weighted by Crippen LogP contribution is 2.17. The van der Waals surface area contributed by atoms with Crippen molar-refractivity contribution in [3.8, 4) is 0 Å². The van der Waals surface area contributed by atoms with Crippen LogP contribution in [0.1, 0.15) is 59.1 Å². The number of nitrogens with one attached hydrogen (secondary N) is 1. The Balaban J connectivity index is 2.48. The van der Waals surface area contributed by atoms with Gasteiger partial charge in [0.1, 0.15) is 0 Å². The summed E-state index contributed by atoms with van der Waals surface area (Å²) in [6, 6.07) is 8.67. The third-order valence-corrected chi connectivity index (χ3v) is 3.33. The zero-order valence-corrected chi connectivity index (χ0v) is 13.3. The van der Waals surface area contributed by atoms with Crippen LogP contribution in [-0.2, 0) is 17.9 Å². The van der Waals surface area contributed by atoms with Gasteiger partial charge in [0.15, 0.2) is 0 Å². The summed E-state index contributed by atoms with van der Waals surface area (Å²) in [6.45, 7) is 14.6. The topological polar surface area (TPSA) is 21.3 Å². The Kier molecular flexibility index (Phi) is 5.57. The fourth-order valence-electron chi connectivity index (χ4n) is 1.50. The molecular formula is C17H29NO. The van der Waals surface area contributed by atoms with Crippen molar-refractivity contribution in [2.75, 3.05) is 0 Å². The molecule has 1 rings (SSSR count). The fraction of sp³-hybridized carbons (Fsp3) is 0.647. The summed E-state index contributed by atoms with van der Waals surface area (Å²) in [7, 11) is 0. The number of hydrogen-bond acceptors (Lipinski definition) is 2. The van der Waals surface area contributed by atoms with E-state index in [0.29, 0.717) is 6.61 Å². The van der Waals surface area contributed by atoms with Crippen molar-refractivity contribution < 1.29 is 4.74 Å². The second-order valence-electron chi connectivity index (χ2n) is 6.82. The van der Waals surface area contributed by atoms with Crippen LogP contribution in [0.15, 0.2) is 24.3 Å². The van der Waals surface area contributed by atoms with Gasteiger partial charge >= 0.3 is 0 Å². The Morgan fingerprint density at radius 1 is 0.947 bits per heavy atom. The summed E-state index contributed by atoms with van der Waals surface area (Å²) in [4.78, 5) is 0. The minimum absolute atomic E-state index is 0.0353. The van der Waals surface area contributed by atoms with Crippen molar-refractivity contribution in [3.05, 3.63) is 35.4 Å². The molecule has 0 saturated carbocycles. The minimum atomic E-state index is -0.0353. The van der Waals surface area contributed by atoms with Crippen LogP contribution in [0.5, 0.6) is 0 Å². The van der Waals surface area contributed by atoms with Crippen LogP contribution in [0.4, 0.5) is 0 Å². The first-order valence-electron chi connectivity index (χ1n) is 7.19. The lowest BCUT2D eigenvalue weighted by molar-refractivity contribution is -0.0316. The second-order valence-corrected chi connectivity index (χ2v) is 6.82. The number of ether oxygens (including phenoxy) is 1. The van der Waals surface area contributed by atoms with Crippen LogP contribution >= 0.6 is 0 Å². The molecule has 0 aromatic heterocycles. The molecule has 0 atom stereocenters. The van der Waals surface area contributed by atoms with Crippen LogP contribution in [0, 0.1) is 0 Å². The molecule has 0 bridgehead atoms. The molecule has 108 valence electrons.